The zero-order valence-electron chi connectivity index (χ0n) is 9.63. The second-order valence-electron chi connectivity index (χ2n) is 3.25. The summed E-state index contributed by atoms with van der Waals surface area (Å²) in [6.45, 7) is 2.33. The number of aromatic nitrogens is 3. The lowest BCUT2D eigenvalue weighted by Crippen LogP contribution is -2.04. The molecule has 0 spiro atoms. The van der Waals surface area contributed by atoms with Gasteiger partial charge in [0, 0.05) is 9.92 Å². The first-order valence-electron chi connectivity index (χ1n) is 5.25. The molecule has 0 aliphatic rings. The van der Waals surface area contributed by atoms with Gasteiger partial charge in [0.05, 0.1) is 6.61 Å². The number of nitrogens with zero attached hydrogens (tertiary/aromatic N) is 3. The molecule has 1 aromatic heterocycles. The largest absolute Gasteiger partial charge is 0.464 e. The summed E-state index contributed by atoms with van der Waals surface area (Å²) < 4.78 is 5.21. The fourth-order valence-electron chi connectivity index (χ4n) is 1.23. The fourth-order valence-corrected chi connectivity index (χ4v) is 2.29. The van der Waals surface area contributed by atoms with Crippen LogP contribution in [0.2, 0.25) is 5.02 Å². The summed E-state index contributed by atoms with van der Waals surface area (Å²) in [5.74, 6) is 0.137. The average Bonchev–Trinajstić information content (AvgIpc) is 2.28. The Balaban J connectivity index is 2.23. The summed E-state index contributed by atoms with van der Waals surface area (Å²) in [6, 6.07) is 7.63. The molecular formula is C11H11ClN4OS. The van der Waals surface area contributed by atoms with Crippen LogP contribution in [0.5, 0.6) is 6.01 Å². The number of anilines is 1. The van der Waals surface area contributed by atoms with Crippen LogP contribution in [0.25, 0.3) is 0 Å². The number of halogens is 1. The fraction of sp³-hybridized carbons (Fsp3) is 0.182. The molecule has 0 aliphatic heterocycles. The van der Waals surface area contributed by atoms with Gasteiger partial charge in [0.2, 0.25) is 11.1 Å². The van der Waals surface area contributed by atoms with E-state index in [1.165, 1.54) is 11.8 Å². The molecule has 7 heteroatoms. The highest BCUT2D eigenvalue weighted by atomic mass is 35.5. The Morgan fingerprint density at radius 1 is 1.33 bits per heavy atom. The highest BCUT2D eigenvalue weighted by Crippen LogP contribution is 2.27. The van der Waals surface area contributed by atoms with Crippen LogP contribution < -0.4 is 10.5 Å². The molecule has 1 heterocycles. The maximum atomic E-state index is 5.91. The molecule has 94 valence electrons. The third-order valence-electron chi connectivity index (χ3n) is 1.89. The lowest BCUT2D eigenvalue weighted by Gasteiger charge is -2.04. The number of nitrogen functional groups attached to an aromatic ring is 1. The number of benzene rings is 1. The number of hydrogen-bond donors (Lipinski definition) is 1. The van der Waals surface area contributed by atoms with Crippen LogP contribution in [0.1, 0.15) is 6.92 Å². The number of ether oxygens (including phenoxy) is 1. The molecule has 0 radical (unpaired) electrons. The van der Waals surface area contributed by atoms with E-state index in [4.69, 9.17) is 22.1 Å². The van der Waals surface area contributed by atoms with Crippen LogP contribution in [-0.2, 0) is 0 Å². The molecule has 0 atom stereocenters. The van der Waals surface area contributed by atoms with Crippen LogP contribution in [0, 0.1) is 0 Å². The first-order valence-corrected chi connectivity index (χ1v) is 6.44. The van der Waals surface area contributed by atoms with E-state index < -0.39 is 0 Å². The molecule has 2 rings (SSSR count). The van der Waals surface area contributed by atoms with Crippen molar-refractivity contribution in [1.82, 2.24) is 15.0 Å². The molecule has 5 nitrogen and oxygen atoms in total. The first kappa shape index (κ1) is 12.9. The highest BCUT2D eigenvalue weighted by Gasteiger charge is 2.07. The van der Waals surface area contributed by atoms with Crippen molar-refractivity contribution in [3.05, 3.63) is 29.3 Å². The van der Waals surface area contributed by atoms with Crippen molar-refractivity contribution in [2.45, 2.75) is 17.0 Å². The van der Waals surface area contributed by atoms with Crippen molar-refractivity contribution in [3.63, 3.8) is 0 Å². The Hall–Kier alpha value is -1.53. The summed E-state index contributed by atoms with van der Waals surface area (Å²) in [4.78, 5) is 13.0. The molecule has 0 saturated carbocycles. The molecule has 2 N–H and O–H groups in total. The molecule has 0 fully saturated rings. The van der Waals surface area contributed by atoms with Gasteiger partial charge in [-0.25, -0.2) is 0 Å². The Kier molecular flexibility index (Phi) is 4.22. The van der Waals surface area contributed by atoms with E-state index in [0.29, 0.717) is 16.8 Å². The Morgan fingerprint density at radius 2 is 2.17 bits per heavy atom. The quantitative estimate of drug-likeness (QED) is 0.929. The van der Waals surface area contributed by atoms with E-state index in [-0.39, 0.29) is 12.0 Å². The first-order chi connectivity index (χ1) is 8.67. The van der Waals surface area contributed by atoms with Gasteiger partial charge >= 0.3 is 6.01 Å². The zero-order chi connectivity index (χ0) is 13.0. The molecule has 0 unspecified atom stereocenters. The SMILES string of the molecule is CCOc1nc(N)nc(Sc2cccc(Cl)c2)n1. The van der Waals surface area contributed by atoms with E-state index in [1.807, 2.05) is 25.1 Å². The van der Waals surface area contributed by atoms with Crippen LogP contribution in [0.3, 0.4) is 0 Å². The van der Waals surface area contributed by atoms with Gasteiger partial charge in [-0.2, -0.15) is 15.0 Å². The average molecular weight is 283 g/mol. The van der Waals surface area contributed by atoms with Gasteiger partial charge in [0.15, 0.2) is 0 Å². The lowest BCUT2D eigenvalue weighted by atomic mass is 10.4. The van der Waals surface area contributed by atoms with Gasteiger partial charge < -0.3 is 10.5 Å². The summed E-state index contributed by atoms with van der Waals surface area (Å²) in [6.07, 6.45) is 0. The Morgan fingerprint density at radius 3 is 2.89 bits per heavy atom. The van der Waals surface area contributed by atoms with Crippen molar-refractivity contribution in [2.24, 2.45) is 0 Å². The van der Waals surface area contributed by atoms with Crippen LogP contribution >= 0.6 is 23.4 Å². The van der Waals surface area contributed by atoms with Crippen LogP contribution in [0.4, 0.5) is 5.95 Å². The Bertz CT molecular complexity index is 552. The second-order valence-corrected chi connectivity index (χ2v) is 4.73. The summed E-state index contributed by atoms with van der Waals surface area (Å²) >= 11 is 7.26. The van der Waals surface area contributed by atoms with Crippen molar-refractivity contribution < 1.29 is 4.74 Å². The molecule has 2 aromatic rings. The van der Waals surface area contributed by atoms with E-state index in [9.17, 15) is 0 Å². The maximum Gasteiger partial charge on any atom is 0.322 e. The molecule has 0 bridgehead atoms. The van der Waals surface area contributed by atoms with Crippen molar-refractivity contribution in [3.8, 4) is 6.01 Å². The van der Waals surface area contributed by atoms with Crippen LogP contribution in [-0.4, -0.2) is 21.6 Å². The summed E-state index contributed by atoms with van der Waals surface area (Å²) in [7, 11) is 0. The second kappa shape index (κ2) is 5.88. The summed E-state index contributed by atoms with van der Waals surface area (Å²) in [5, 5.41) is 1.14. The van der Waals surface area contributed by atoms with Crippen molar-refractivity contribution >= 4 is 29.3 Å². The predicted octanol–water partition coefficient (Wildman–Crippen LogP) is 2.66. The van der Waals surface area contributed by atoms with Gasteiger partial charge in [-0.15, -0.1) is 0 Å². The lowest BCUT2D eigenvalue weighted by molar-refractivity contribution is 0.308. The van der Waals surface area contributed by atoms with Crippen molar-refractivity contribution in [2.75, 3.05) is 12.3 Å². The minimum Gasteiger partial charge on any atom is -0.464 e. The topological polar surface area (TPSA) is 73.9 Å². The van der Waals surface area contributed by atoms with Crippen LogP contribution in [0.15, 0.2) is 34.3 Å². The smallest absolute Gasteiger partial charge is 0.322 e. The number of hydrogen-bond acceptors (Lipinski definition) is 6. The van der Waals surface area contributed by atoms with Gasteiger partial charge in [-0.3, -0.25) is 0 Å². The van der Waals surface area contributed by atoms with Crippen molar-refractivity contribution in [1.29, 1.82) is 0 Å². The normalized spacial score (nSPS) is 10.3. The van der Waals surface area contributed by atoms with E-state index >= 15 is 0 Å². The van der Waals surface area contributed by atoms with Gasteiger partial charge in [0.25, 0.3) is 0 Å². The molecule has 1 aromatic carbocycles. The molecule has 18 heavy (non-hydrogen) atoms. The standard InChI is InChI=1S/C11H11ClN4OS/c1-2-17-10-14-9(13)15-11(16-10)18-8-5-3-4-7(12)6-8/h3-6H,2H2,1H3,(H2,13,14,15,16). The maximum absolute atomic E-state index is 5.91. The minimum atomic E-state index is 0.137. The third kappa shape index (κ3) is 3.48. The van der Waals surface area contributed by atoms with Gasteiger partial charge in [-0.1, -0.05) is 17.7 Å². The summed E-state index contributed by atoms with van der Waals surface area (Å²) in [5.41, 5.74) is 5.59. The molecule has 0 saturated heterocycles. The third-order valence-corrected chi connectivity index (χ3v) is 2.98. The zero-order valence-corrected chi connectivity index (χ0v) is 11.2. The minimum absolute atomic E-state index is 0.137. The predicted molar refractivity (Wildman–Crippen MR) is 71.0 cm³/mol. The number of rotatable bonds is 4. The molecule has 0 amide bonds. The Labute approximate surface area is 114 Å². The van der Waals surface area contributed by atoms with Gasteiger partial charge in [0.1, 0.15) is 0 Å². The molecule has 0 aliphatic carbocycles. The van der Waals surface area contributed by atoms with E-state index in [1.54, 1.807) is 6.07 Å². The van der Waals surface area contributed by atoms with E-state index in [0.717, 1.165) is 4.90 Å². The monoisotopic (exact) mass is 282 g/mol. The molecular weight excluding hydrogens is 272 g/mol. The van der Waals surface area contributed by atoms with Gasteiger partial charge in [-0.05, 0) is 36.9 Å². The number of nitrogens with two attached hydrogens (primary N) is 1. The highest BCUT2D eigenvalue weighted by molar-refractivity contribution is 7.99. The van der Waals surface area contributed by atoms with E-state index in [2.05, 4.69) is 15.0 Å².